The maximum atomic E-state index is 13.9. The average molecular weight is 339 g/mol. The van der Waals surface area contributed by atoms with E-state index in [0.29, 0.717) is 11.9 Å². The van der Waals surface area contributed by atoms with Crippen molar-refractivity contribution in [2.24, 2.45) is 5.41 Å². The zero-order chi connectivity index (χ0) is 16.8. The minimum atomic E-state index is -3.10. The Hall–Kier alpha value is -1.89. The molecule has 0 spiro atoms. The molecule has 0 amide bonds. The number of fused-ring (bicyclic) bond motifs is 1. The summed E-state index contributed by atoms with van der Waals surface area (Å²) < 4.78 is 43.3. The van der Waals surface area contributed by atoms with Gasteiger partial charge in [0, 0.05) is 24.4 Å². The van der Waals surface area contributed by atoms with E-state index in [2.05, 4.69) is 0 Å². The number of methoxy groups -OCH3 is 1. The lowest BCUT2D eigenvalue weighted by Crippen LogP contribution is -2.28. The molecule has 0 saturated heterocycles. The SMILES string of the molecule is COc1cc2ccn(CC3(CS(C)(=O)=O)CC3)c(=O)c2cc1F. The quantitative estimate of drug-likeness (QED) is 0.835. The molecule has 0 radical (unpaired) electrons. The summed E-state index contributed by atoms with van der Waals surface area (Å²) in [5.74, 6) is -0.431. The van der Waals surface area contributed by atoms with Crippen LogP contribution in [0.4, 0.5) is 4.39 Å². The molecule has 0 unspecified atom stereocenters. The van der Waals surface area contributed by atoms with Gasteiger partial charge in [-0.1, -0.05) is 0 Å². The zero-order valence-electron chi connectivity index (χ0n) is 13.0. The van der Waals surface area contributed by atoms with Crippen molar-refractivity contribution in [1.29, 1.82) is 0 Å². The first-order valence-corrected chi connectivity index (χ1v) is 9.34. The minimum Gasteiger partial charge on any atom is -0.494 e. The number of aromatic nitrogens is 1. The Morgan fingerprint density at radius 1 is 1.35 bits per heavy atom. The van der Waals surface area contributed by atoms with E-state index in [1.807, 2.05) is 0 Å². The summed E-state index contributed by atoms with van der Waals surface area (Å²) in [7, 11) is -1.73. The Kier molecular flexibility index (Phi) is 3.71. The molecular weight excluding hydrogens is 321 g/mol. The van der Waals surface area contributed by atoms with Crippen molar-refractivity contribution >= 4 is 20.6 Å². The molecule has 1 aromatic heterocycles. The standard InChI is InChI=1S/C16H18FNO4S/c1-22-14-7-11-3-6-18(15(19)12(11)8-13(14)17)9-16(4-5-16)10-23(2,20)21/h3,6-8H,4-5,9-10H2,1-2H3. The summed E-state index contributed by atoms with van der Waals surface area (Å²) in [5.41, 5.74) is -0.681. The van der Waals surface area contributed by atoms with Crippen LogP contribution in [-0.2, 0) is 16.4 Å². The van der Waals surface area contributed by atoms with E-state index in [-0.39, 0.29) is 27.9 Å². The van der Waals surface area contributed by atoms with Crippen LogP contribution in [0.5, 0.6) is 5.75 Å². The molecule has 1 saturated carbocycles. The number of hydrogen-bond donors (Lipinski definition) is 0. The Labute approximate surface area is 133 Å². The fraction of sp³-hybridized carbons (Fsp3) is 0.438. The highest BCUT2D eigenvalue weighted by Gasteiger charge is 2.45. The Morgan fingerprint density at radius 3 is 2.61 bits per heavy atom. The molecule has 1 aliphatic carbocycles. The molecule has 1 aliphatic rings. The van der Waals surface area contributed by atoms with Crippen LogP contribution in [0.15, 0.2) is 29.2 Å². The van der Waals surface area contributed by atoms with Gasteiger partial charge in [-0.15, -0.1) is 0 Å². The van der Waals surface area contributed by atoms with E-state index in [0.717, 1.165) is 12.8 Å². The fourth-order valence-corrected chi connectivity index (χ4v) is 4.50. The number of sulfone groups is 1. The van der Waals surface area contributed by atoms with Gasteiger partial charge in [-0.05, 0) is 36.4 Å². The van der Waals surface area contributed by atoms with Crippen LogP contribution in [0.3, 0.4) is 0 Å². The molecular formula is C16H18FNO4S. The molecule has 1 fully saturated rings. The van der Waals surface area contributed by atoms with Crippen LogP contribution < -0.4 is 10.3 Å². The highest BCUT2D eigenvalue weighted by molar-refractivity contribution is 7.90. The maximum absolute atomic E-state index is 13.9. The van der Waals surface area contributed by atoms with Crippen LogP contribution >= 0.6 is 0 Å². The van der Waals surface area contributed by atoms with Gasteiger partial charge in [-0.2, -0.15) is 0 Å². The van der Waals surface area contributed by atoms with E-state index >= 15 is 0 Å². The van der Waals surface area contributed by atoms with Gasteiger partial charge in [0.2, 0.25) is 0 Å². The van der Waals surface area contributed by atoms with Crippen molar-refractivity contribution in [2.45, 2.75) is 19.4 Å². The third kappa shape index (κ3) is 3.24. The number of benzene rings is 1. The molecule has 0 aliphatic heterocycles. The van der Waals surface area contributed by atoms with E-state index in [1.54, 1.807) is 12.3 Å². The predicted octanol–water partition coefficient (Wildman–Crippen LogP) is 1.97. The first-order valence-electron chi connectivity index (χ1n) is 7.27. The van der Waals surface area contributed by atoms with E-state index in [9.17, 15) is 17.6 Å². The van der Waals surface area contributed by atoms with Crippen molar-refractivity contribution in [3.05, 3.63) is 40.6 Å². The second-order valence-electron chi connectivity index (χ2n) is 6.39. The second kappa shape index (κ2) is 5.33. The molecule has 124 valence electrons. The number of rotatable bonds is 5. The molecule has 3 rings (SSSR count). The molecule has 2 aromatic rings. The number of hydrogen-bond acceptors (Lipinski definition) is 4. The number of halogens is 1. The van der Waals surface area contributed by atoms with Crippen LogP contribution in [0.25, 0.3) is 10.8 Å². The predicted molar refractivity (Wildman–Crippen MR) is 86.1 cm³/mol. The van der Waals surface area contributed by atoms with E-state index in [1.165, 1.54) is 30.1 Å². The first-order chi connectivity index (χ1) is 10.7. The molecule has 1 aromatic carbocycles. The second-order valence-corrected chi connectivity index (χ2v) is 8.53. The van der Waals surface area contributed by atoms with Crippen molar-refractivity contribution in [3.8, 4) is 5.75 Å². The Balaban J connectivity index is 2.00. The zero-order valence-corrected chi connectivity index (χ0v) is 13.8. The summed E-state index contributed by atoms with van der Waals surface area (Å²) in [6.45, 7) is 0.336. The number of ether oxygens (including phenoxy) is 1. The van der Waals surface area contributed by atoms with Gasteiger partial charge in [0.1, 0.15) is 9.84 Å². The van der Waals surface area contributed by atoms with Crippen LogP contribution in [0, 0.1) is 11.2 Å². The highest BCUT2D eigenvalue weighted by atomic mass is 32.2. The molecule has 1 heterocycles. The summed E-state index contributed by atoms with van der Waals surface area (Å²) in [6.07, 6.45) is 4.39. The molecule has 0 atom stereocenters. The minimum absolute atomic E-state index is 0.0709. The van der Waals surface area contributed by atoms with Gasteiger partial charge in [0.15, 0.2) is 11.6 Å². The third-order valence-corrected chi connectivity index (χ3v) is 5.42. The Bertz CT molecular complexity index is 929. The van der Waals surface area contributed by atoms with Gasteiger partial charge in [-0.3, -0.25) is 4.79 Å². The summed E-state index contributed by atoms with van der Waals surface area (Å²) in [5, 5.41) is 0.860. The topological polar surface area (TPSA) is 65.4 Å². The lowest BCUT2D eigenvalue weighted by Gasteiger charge is -2.16. The summed E-state index contributed by atoms with van der Waals surface area (Å²) in [4.78, 5) is 12.6. The van der Waals surface area contributed by atoms with Gasteiger partial charge in [0.25, 0.3) is 5.56 Å². The van der Waals surface area contributed by atoms with Gasteiger partial charge >= 0.3 is 0 Å². The lowest BCUT2D eigenvalue weighted by molar-refractivity contribution is 0.387. The number of nitrogens with zero attached hydrogens (tertiary/aromatic N) is 1. The van der Waals surface area contributed by atoms with Crippen molar-refractivity contribution in [2.75, 3.05) is 19.1 Å². The van der Waals surface area contributed by atoms with Crippen LogP contribution in [-0.4, -0.2) is 32.1 Å². The maximum Gasteiger partial charge on any atom is 0.258 e. The van der Waals surface area contributed by atoms with Crippen molar-refractivity contribution in [3.63, 3.8) is 0 Å². The molecule has 0 N–H and O–H groups in total. The normalized spacial score (nSPS) is 16.5. The van der Waals surface area contributed by atoms with Gasteiger partial charge in [0.05, 0.1) is 18.2 Å². The summed E-state index contributed by atoms with van der Waals surface area (Å²) in [6, 6.07) is 4.37. The van der Waals surface area contributed by atoms with E-state index < -0.39 is 15.7 Å². The van der Waals surface area contributed by atoms with Gasteiger partial charge in [-0.25, -0.2) is 12.8 Å². The van der Waals surface area contributed by atoms with Crippen LogP contribution in [0.2, 0.25) is 0 Å². The first kappa shape index (κ1) is 16.0. The smallest absolute Gasteiger partial charge is 0.258 e. The fourth-order valence-electron chi connectivity index (χ4n) is 3.01. The van der Waals surface area contributed by atoms with Crippen LogP contribution in [0.1, 0.15) is 12.8 Å². The highest BCUT2D eigenvalue weighted by Crippen LogP contribution is 2.47. The monoisotopic (exact) mass is 339 g/mol. The molecule has 7 heteroatoms. The van der Waals surface area contributed by atoms with Gasteiger partial charge < -0.3 is 9.30 Å². The lowest BCUT2D eigenvalue weighted by atomic mass is 10.1. The average Bonchev–Trinajstić information content (AvgIpc) is 3.19. The Morgan fingerprint density at radius 2 is 2.04 bits per heavy atom. The van der Waals surface area contributed by atoms with Crippen molar-refractivity contribution < 1.29 is 17.5 Å². The number of pyridine rings is 1. The van der Waals surface area contributed by atoms with E-state index in [4.69, 9.17) is 4.74 Å². The molecule has 5 nitrogen and oxygen atoms in total. The molecule has 0 bridgehead atoms. The molecule has 23 heavy (non-hydrogen) atoms. The summed E-state index contributed by atoms with van der Waals surface area (Å²) >= 11 is 0. The van der Waals surface area contributed by atoms with Crippen molar-refractivity contribution in [1.82, 2.24) is 4.57 Å². The third-order valence-electron chi connectivity index (χ3n) is 4.28. The largest absolute Gasteiger partial charge is 0.494 e.